The molecule has 2 rings (SSSR count). The van der Waals surface area contributed by atoms with Crippen LogP contribution in [0.15, 0.2) is 24.3 Å². The van der Waals surface area contributed by atoms with Crippen LogP contribution in [-0.2, 0) is 11.0 Å². The Bertz CT molecular complexity index is 587. The zero-order valence-electron chi connectivity index (χ0n) is 12.9. The molecular weight excluding hydrogens is 325 g/mol. The fourth-order valence-corrected chi connectivity index (χ4v) is 2.65. The van der Waals surface area contributed by atoms with E-state index in [2.05, 4.69) is 10.6 Å². The molecule has 24 heavy (non-hydrogen) atoms. The van der Waals surface area contributed by atoms with Crippen LogP contribution < -0.4 is 10.6 Å². The van der Waals surface area contributed by atoms with Gasteiger partial charge in [0.15, 0.2) is 0 Å². The Morgan fingerprint density at radius 2 is 1.71 bits per heavy atom. The average Bonchev–Trinajstić information content (AvgIpc) is 2.96. The van der Waals surface area contributed by atoms with E-state index in [1.165, 1.54) is 0 Å². The highest BCUT2D eigenvalue weighted by Gasteiger charge is 2.31. The summed E-state index contributed by atoms with van der Waals surface area (Å²) in [5, 5.41) is 14.8. The largest absolute Gasteiger partial charge is 0.416 e. The number of halogens is 3. The summed E-state index contributed by atoms with van der Waals surface area (Å²) in [7, 11) is 0. The second-order valence-corrected chi connectivity index (χ2v) is 5.73. The van der Waals surface area contributed by atoms with Gasteiger partial charge in [0.1, 0.15) is 0 Å². The van der Waals surface area contributed by atoms with Crippen LogP contribution in [0.4, 0.5) is 13.2 Å². The zero-order chi connectivity index (χ0) is 17.7. The van der Waals surface area contributed by atoms with Gasteiger partial charge in [-0.3, -0.25) is 9.59 Å². The highest BCUT2D eigenvalue weighted by Crippen LogP contribution is 2.29. The highest BCUT2D eigenvalue weighted by molar-refractivity contribution is 5.94. The number of alkyl halides is 3. The molecule has 132 valence electrons. The first-order valence-corrected chi connectivity index (χ1v) is 7.70. The van der Waals surface area contributed by atoms with Crippen LogP contribution in [0.2, 0.25) is 0 Å². The molecule has 2 atom stereocenters. The topological polar surface area (TPSA) is 78.4 Å². The van der Waals surface area contributed by atoms with Crippen molar-refractivity contribution in [2.45, 2.75) is 31.5 Å². The number of hydrogen-bond acceptors (Lipinski definition) is 3. The van der Waals surface area contributed by atoms with E-state index in [-0.39, 0.29) is 24.6 Å². The minimum absolute atomic E-state index is 0.112. The van der Waals surface area contributed by atoms with Gasteiger partial charge in [0.25, 0.3) is 5.91 Å². The Hall–Kier alpha value is -2.09. The third-order valence-corrected chi connectivity index (χ3v) is 4.00. The van der Waals surface area contributed by atoms with Crippen molar-refractivity contribution in [2.75, 3.05) is 13.1 Å². The molecule has 0 heterocycles. The minimum atomic E-state index is -4.44. The molecule has 1 aliphatic rings. The van der Waals surface area contributed by atoms with Crippen molar-refractivity contribution in [3.63, 3.8) is 0 Å². The molecule has 1 aromatic rings. The molecule has 1 fully saturated rings. The van der Waals surface area contributed by atoms with E-state index in [0.29, 0.717) is 12.8 Å². The molecule has 2 amide bonds. The smallest absolute Gasteiger partial charge is 0.392 e. The standard InChI is InChI=1S/C16H19F3N2O3/c17-16(18,19)11-6-4-10(5-7-11)14(23)20-8-9-21-15(24)12-2-1-3-13(12)22/h4-7,12-13,22H,1-3,8-9H2,(H,20,23)(H,21,24). The van der Waals surface area contributed by atoms with Gasteiger partial charge in [-0.05, 0) is 43.5 Å². The fourth-order valence-electron chi connectivity index (χ4n) is 2.65. The Labute approximate surface area is 137 Å². The first-order chi connectivity index (χ1) is 11.3. The first-order valence-electron chi connectivity index (χ1n) is 7.70. The summed E-state index contributed by atoms with van der Waals surface area (Å²) in [5.41, 5.74) is -0.707. The van der Waals surface area contributed by atoms with Crippen LogP contribution in [0.3, 0.4) is 0 Å². The van der Waals surface area contributed by atoms with Gasteiger partial charge in [-0.2, -0.15) is 13.2 Å². The highest BCUT2D eigenvalue weighted by atomic mass is 19.4. The van der Waals surface area contributed by atoms with Gasteiger partial charge in [-0.1, -0.05) is 0 Å². The van der Waals surface area contributed by atoms with Gasteiger partial charge in [0, 0.05) is 18.7 Å². The predicted molar refractivity (Wildman–Crippen MR) is 80.1 cm³/mol. The van der Waals surface area contributed by atoms with Crippen LogP contribution in [0, 0.1) is 5.92 Å². The number of carbonyl (C=O) groups is 2. The number of rotatable bonds is 5. The van der Waals surface area contributed by atoms with E-state index in [1.807, 2.05) is 0 Å². The van der Waals surface area contributed by atoms with Crippen molar-refractivity contribution in [1.29, 1.82) is 0 Å². The molecule has 0 aliphatic heterocycles. The maximum absolute atomic E-state index is 12.4. The van der Waals surface area contributed by atoms with E-state index in [0.717, 1.165) is 30.7 Å². The monoisotopic (exact) mass is 344 g/mol. The lowest BCUT2D eigenvalue weighted by atomic mass is 10.1. The number of carbonyl (C=O) groups excluding carboxylic acids is 2. The minimum Gasteiger partial charge on any atom is -0.392 e. The average molecular weight is 344 g/mol. The second kappa shape index (κ2) is 7.65. The quantitative estimate of drug-likeness (QED) is 0.712. The maximum Gasteiger partial charge on any atom is 0.416 e. The van der Waals surface area contributed by atoms with Gasteiger partial charge in [0.05, 0.1) is 17.6 Å². The Morgan fingerprint density at radius 3 is 2.25 bits per heavy atom. The van der Waals surface area contributed by atoms with Gasteiger partial charge in [0.2, 0.25) is 5.91 Å². The molecule has 0 bridgehead atoms. The maximum atomic E-state index is 12.4. The molecule has 0 saturated heterocycles. The number of nitrogens with one attached hydrogen (secondary N) is 2. The molecule has 2 unspecified atom stereocenters. The van der Waals surface area contributed by atoms with E-state index in [4.69, 9.17) is 0 Å². The number of benzene rings is 1. The SMILES string of the molecule is O=C(NCCNC(=O)C1CCCC1O)c1ccc(C(F)(F)F)cc1. The van der Waals surface area contributed by atoms with Crippen molar-refractivity contribution < 1.29 is 27.9 Å². The lowest BCUT2D eigenvalue weighted by molar-refractivity contribution is -0.137. The first kappa shape index (κ1) is 18.3. The Balaban J connectivity index is 1.74. The van der Waals surface area contributed by atoms with E-state index >= 15 is 0 Å². The van der Waals surface area contributed by atoms with Gasteiger partial charge >= 0.3 is 6.18 Å². The van der Waals surface area contributed by atoms with E-state index in [1.54, 1.807) is 0 Å². The number of aliphatic hydroxyl groups excluding tert-OH is 1. The van der Waals surface area contributed by atoms with Crippen molar-refractivity contribution >= 4 is 11.8 Å². The summed E-state index contributed by atoms with van der Waals surface area (Å²) in [6, 6.07) is 3.90. The van der Waals surface area contributed by atoms with Crippen LogP contribution in [0.5, 0.6) is 0 Å². The number of aliphatic hydroxyl groups is 1. The van der Waals surface area contributed by atoms with Crippen molar-refractivity contribution in [3.05, 3.63) is 35.4 Å². The van der Waals surface area contributed by atoms with Gasteiger partial charge in [-0.15, -0.1) is 0 Å². The number of hydrogen-bond donors (Lipinski definition) is 3. The molecule has 0 aromatic heterocycles. The molecule has 0 radical (unpaired) electrons. The van der Waals surface area contributed by atoms with E-state index in [9.17, 15) is 27.9 Å². The van der Waals surface area contributed by atoms with Crippen molar-refractivity contribution in [1.82, 2.24) is 10.6 Å². The number of amides is 2. The Kier molecular flexibility index (Phi) is 5.82. The van der Waals surface area contributed by atoms with Crippen molar-refractivity contribution in [3.8, 4) is 0 Å². The fraction of sp³-hybridized carbons (Fsp3) is 0.500. The van der Waals surface area contributed by atoms with E-state index < -0.39 is 29.7 Å². The molecule has 1 aromatic carbocycles. The summed E-state index contributed by atoms with van der Waals surface area (Å²) >= 11 is 0. The van der Waals surface area contributed by atoms with Gasteiger partial charge in [-0.25, -0.2) is 0 Å². The normalized spacial score (nSPS) is 20.7. The third-order valence-electron chi connectivity index (χ3n) is 4.00. The predicted octanol–water partition coefficient (Wildman–Crippen LogP) is 1.71. The Morgan fingerprint density at radius 1 is 1.08 bits per heavy atom. The zero-order valence-corrected chi connectivity index (χ0v) is 12.9. The molecule has 3 N–H and O–H groups in total. The van der Waals surface area contributed by atoms with Crippen LogP contribution >= 0.6 is 0 Å². The third kappa shape index (κ3) is 4.70. The molecule has 8 heteroatoms. The summed E-state index contributed by atoms with van der Waals surface area (Å²) in [4.78, 5) is 23.6. The van der Waals surface area contributed by atoms with Crippen LogP contribution in [-0.4, -0.2) is 36.1 Å². The lowest BCUT2D eigenvalue weighted by Gasteiger charge is -2.14. The van der Waals surface area contributed by atoms with Gasteiger partial charge < -0.3 is 15.7 Å². The molecule has 5 nitrogen and oxygen atoms in total. The second-order valence-electron chi connectivity index (χ2n) is 5.73. The summed E-state index contributed by atoms with van der Waals surface area (Å²) in [6.07, 6.45) is -2.99. The summed E-state index contributed by atoms with van der Waals surface area (Å²) in [5.74, 6) is -1.17. The summed E-state index contributed by atoms with van der Waals surface area (Å²) < 4.78 is 37.3. The molecule has 1 aliphatic carbocycles. The molecule has 1 saturated carbocycles. The van der Waals surface area contributed by atoms with Crippen LogP contribution in [0.25, 0.3) is 0 Å². The lowest BCUT2D eigenvalue weighted by Crippen LogP contribution is -2.39. The van der Waals surface area contributed by atoms with Crippen molar-refractivity contribution in [2.24, 2.45) is 5.92 Å². The molecule has 0 spiro atoms. The van der Waals surface area contributed by atoms with Crippen LogP contribution in [0.1, 0.15) is 35.2 Å². The molecular formula is C16H19F3N2O3. The summed E-state index contributed by atoms with van der Waals surface area (Å²) in [6.45, 7) is 0.336.